The van der Waals surface area contributed by atoms with E-state index in [1.165, 1.54) is 0 Å². The van der Waals surface area contributed by atoms with Crippen LogP contribution in [0.15, 0.2) is 46.9 Å². The van der Waals surface area contributed by atoms with Crippen molar-refractivity contribution in [2.75, 3.05) is 0 Å². The van der Waals surface area contributed by atoms with Crippen molar-refractivity contribution in [1.82, 2.24) is 0 Å². The maximum atomic E-state index is 9.02. The van der Waals surface area contributed by atoms with E-state index < -0.39 is 0 Å². The van der Waals surface area contributed by atoms with Crippen molar-refractivity contribution in [3.05, 3.63) is 58.1 Å². The van der Waals surface area contributed by atoms with Crippen LogP contribution in [0.3, 0.4) is 0 Å². The minimum atomic E-state index is 0.00199. The number of ether oxygens (including phenoxy) is 1. The van der Waals surface area contributed by atoms with Crippen molar-refractivity contribution in [2.45, 2.75) is 6.61 Å². The topological polar surface area (TPSA) is 53.2 Å². The van der Waals surface area contributed by atoms with Crippen LogP contribution in [0.1, 0.15) is 11.1 Å². The Morgan fingerprint density at radius 2 is 1.89 bits per heavy atom. The predicted molar refractivity (Wildman–Crippen MR) is 71.3 cm³/mol. The molecule has 0 atom stereocenters. The normalized spacial score (nSPS) is 9.83. The number of nitriles is 1. The smallest absolute Gasteiger partial charge is 0.145 e. The molecular weight excluding hydrogens is 294 g/mol. The number of aliphatic hydroxyl groups is 1. The van der Waals surface area contributed by atoms with Crippen LogP contribution in [0.2, 0.25) is 0 Å². The summed E-state index contributed by atoms with van der Waals surface area (Å²) in [5.74, 6) is 1.14. The van der Waals surface area contributed by atoms with Crippen molar-refractivity contribution < 1.29 is 9.84 Å². The molecule has 0 aromatic heterocycles. The minimum absolute atomic E-state index is 0.00199. The molecule has 2 rings (SSSR count). The Bertz CT molecular complexity index is 588. The molecule has 18 heavy (non-hydrogen) atoms. The monoisotopic (exact) mass is 303 g/mol. The average molecular weight is 304 g/mol. The van der Waals surface area contributed by atoms with Crippen LogP contribution in [0, 0.1) is 11.3 Å². The van der Waals surface area contributed by atoms with E-state index >= 15 is 0 Å². The van der Waals surface area contributed by atoms with Crippen molar-refractivity contribution >= 4 is 15.9 Å². The highest BCUT2D eigenvalue weighted by Crippen LogP contribution is 2.27. The summed E-state index contributed by atoms with van der Waals surface area (Å²) in [4.78, 5) is 0. The molecule has 3 nitrogen and oxygen atoms in total. The quantitative estimate of drug-likeness (QED) is 0.942. The van der Waals surface area contributed by atoms with Crippen LogP contribution in [0.25, 0.3) is 0 Å². The molecule has 0 bridgehead atoms. The molecule has 0 aliphatic carbocycles. The number of aliphatic hydroxyl groups excluding tert-OH is 1. The molecule has 0 radical (unpaired) electrons. The zero-order valence-electron chi connectivity index (χ0n) is 9.43. The summed E-state index contributed by atoms with van der Waals surface area (Å²) >= 11 is 3.31. The number of halogens is 1. The fraction of sp³-hybridized carbons (Fsp3) is 0.0714. The highest BCUT2D eigenvalue weighted by molar-refractivity contribution is 9.10. The highest BCUT2D eigenvalue weighted by Gasteiger charge is 2.05. The summed E-state index contributed by atoms with van der Waals surface area (Å²) in [5.41, 5.74) is 1.29. The van der Waals surface area contributed by atoms with Gasteiger partial charge in [0.25, 0.3) is 0 Å². The van der Waals surface area contributed by atoms with Gasteiger partial charge < -0.3 is 9.84 Å². The summed E-state index contributed by atoms with van der Waals surface area (Å²) in [6.07, 6.45) is 0. The fourth-order valence-electron chi connectivity index (χ4n) is 1.47. The lowest BCUT2D eigenvalue weighted by atomic mass is 10.2. The second kappa shape index (κ2) is 5.67. The van der Waals surface area contributed by atoms with Crippen LogP contribution < -0.4 is 4.74 Å². The molecule has 90 valence electrons. The van der Waals surface area contributed by atoms with Gasteiger partial charge in [0.05, 0.1) is 12.2 Å². The number of rotatable bonds is 3. The van der Waals surface area contributed by atoms with E-state index in [-0.39, 0.29) is 6.61 Å². The minimum Gasteiger partial charge on any atom is -0.456 e. The largest absolute Gasteiger partial charge is 0.456 e. The average Bonchev–Trinajstić information content (AvgIpc) is 2.41. The lowest BCUT2D eigenvalue weighted by molar-refractivity contribution is 0.281. The van der Waals surface area contributed by atoms with E-state index in [1.54, 1.807) is 36.4 Å². The van der Waals surface area contributed by atoms with Crippen LogP contribution in [0.5, 0.6) is 11.5 Å². The van der Waals surface area contributed by atoms with Crippen LogP contribution in [-0.4, -0.2) is 5.11 Å². The third kappa shape index (κ3) is 2.89. The lowest BCUT2D eigenvalue weighted by Crippen LogP contribution is -1.89. The molecule has 2 aromatic carbocycles. The Balaban J connectivity index is 2.25. The molecule has 0 aliphatic rings. The van der Waals surface area contributed by atoms with Gasteiger partial charge in [-0.3, -0.25) is 0 Å². The lowest BCUT2D eigenvalue weighted by Gasteiger charge is -2.08. The third-order valence-electron chi connectivity index (χ3n) is 2.40. The Morgan fingerprint density at radius 3 is 2.50 bits per heavy atom. The molecular formula is C14H10BrNO2. The second-order valence-corrected chi connectivity index (χ2v) is 4.57. The number of nitrogens with zero attached hydrogens (tertiary/aromatic N) is 1. The van der Waals surface area contributed by atoms with Gasteiger partial charge in [0, 0.05) is 4.47 Å². The summed E-state index contributed by atoms with van der Waals surface area (Å²) in [5, 5.41) is 18.0. The van der Waals surface area contributed by atoms with Crippen molar-refractivity contribution in [3.63, 3.8) is 0 Å². The summed E-state index contributed by atoms with van der Waals surface area (Å²) in [6, 6.07) is 14.4. The first kappa shape index (κ1) is 12.6. The molecule has 1 N–H and O–H groups in total. The van der Waals surface area contributed by atoms with Gasteiger partial charge >= 0.3 is 0 Å². The molecule has 0 amide bonds. The third-order valence-corrected chi connectivity index (χ3v) is 2.89. The maximum absolute atomic E-state index is 9.02. The number of hydrogen-bond acceptors (Lipinski definition) is 3. The summed E-state index contributed by atoms with van der Waals surface area (Å²) in [6.45, 7) is 0.00199. The molecule has 2 aromatic rings. The fourth-order valence-corrected chi connectivity index (χ4v) is 1.83. The van der Waals surface area contributed by atoms with Gasteiger partial charge in [-0.2, -0.15) is 5.26 Å². The van der Waals surface area contributed by atoms with E-state index in [0.29, 0.717) is 17.1 Å². The van der Waals surface area contributed by atoms with Gasteiger partial charge in [-0.1, -0.05) is 28.1 Å². The Kier molecular flexibility index (Phi) is 3.98. The first-order chi connectivity index (χ1) is 8.72. The van der Waals surface area contributed by atoms with Crippen LogP contribution in [-0.2, 0) is 6.61 Å². The SMILES string of the molecule is N#Cc1cc(Br)ccc1Oc1ccc(CO)cc1. The van der Waals surface area contributed by atoms with Crippen molar-refractivity contribution in [2.24, 2.45) is 0 Å². The number of hydrogen-bond donors (Lipinski definition) is 1. The molecule has 0 fully saturated rings. The van der Waals surface area contributed by atoms with Crippen molar-refractivity contribution in [3.8, 4) is 17.6 Å². The second-order valence-electron chi connectivity index (χ2n) is 3.66. The van der Waals surface area contributed by atoms with E-state index in [2.05, 4.69) is 22.0 Å². The van der Waals surface area contributed by atoms with E-state index in [0.717, 1.165) is 10.0 Å². The van der Waals surface area contributed by atoms with Gasteiger partial charge in [-0.15, -0.1) is 0 Å². The molecule has 4 heteroatoms. The van der Waals surface area contributed by atoms with E-state index in [1.807, 2.05) is 6.07 Å². The summed E-state index contributed by atoms with van der Waals surface area (Å²) < 4.78 is 6.47. The standard InChI is InChI=1S/C14H10BrNO2/c15-12-3-6-14(11(7-12)8-16)18-13-4-1-10(9-17)2-5-13/h1-7,17H,9H2. The zero-order chi connectivity index (χ0) is 13.0. The van der Waals surface area contributed by atoms with Gasteiger partial charge in [-0.25, -0.2) is 0 Å². The maximum Gasteiger partial charge on any atom is 0.145 e. The molecule has 0 spiro atoms. The van der Waals surface area contributed by atoms with Gasteiger partial charge in [-0.05, 0) is 35.9 Å². The number of benzene rings is 2. The Labute approximate surface area is 113 Å². The summed E-state index contributed by atoms with van der Waals surface area (Å²) in [7, 11) is 0. The zero-order valence-corrected chi connectivity index (χ0v) is 11.0. The van der Waals surface area contributed by atoms with Crippen LogP contribution >= 0.6 is 15.9 Å². The predicted octanol–water partition coefficient (Wildman–Crippen LogP) is 3.61. The molecule has 0 unspecified atom stereocenters. The molecule has 0 saturated heterocycles. The molecule has 0 heterocycles. The van der Waals surface area contributed by atoms with Crippen molar-refractivity contribution in [1.29, 1.82) is 5.26 Å². The van der Waals surface area contributed by atoms with Gasteiger partial charge in [0.1, 0.15) is 17.6 Å². The van der Waals surface area contributed by atoms with Crippen LogP contribution in [0.4, 0.5) is 0 Å². The van der Waals surface area contributed by atoms with E-state index in [9.17, 15) is 0 Å². The Morgan fingerprint density at radius 1 is 1.17 bits per heavy atom. The molecule has 0 saturated carbocycles. The molecule has 0 aliphatic heterocycles. The van der Waals surface area contributed by atoms with Gasteiger partial charge in [0.15, 0.2) is 0 Å². The highest BCUT2D eigenvalue weighted by atomic mass is 79.9. The van der Waals surface area contributed by atoms with E-state index in [4.69, 9.17) is 15.1 Å². The van der Waals surface area contributed by atoms with Gasteiger partial charge in [0.2, 0.25) is 0 Å². The first-order valence-electron chi connectivity index (χ1n) is 5.30. The Hall–Kier alpha value is -1.83. The first-order valence-corrected chi connectivity index (χ1v) is 6.09.